The molecule has 0 saturated heterocycles. The minimum atomic E-state index is 0.665. The van der Waals surface area contributed by atoms with Gasteiger partial charge in [-0.3, -0.25) is 4.98 Å². The molecule has 0 radical (unpaired) electrons. The summed E-state index contributed by atoms with van der Waals surface area (Å²) in [5.74, 6) is 0. The SMILES string of the molecule is Cc1cc(NCCOCc2ccccc2)ccn1. The molecule has 0 aliphatic heterocycles. The molecule has 1 heterocycles. The smallest absolute Gasteiger partial charge is 0.0717 e. The first-order chi connectivity index (χ1) is 8.84. The number of benzene rings is 1. The normalized spacial score (nSPS) is 10.3. The first-order valence-corrected chi connectivity index (χ1v) is 6.13. The lowest BCUT2D eigenvalue weighted by Gasteiger charge is -2.07. The van der Waals surface area contributed by atoms with Gasteiger partial charge in [0.15, 0.2) is 0 Å². The predicted molar refractivity (Wildman–Crippen MR) is 73.6 cm³/mol. The lowest BCUT2D eigenvalue weighted by Crippen LogP contribution is -2.09. The van der Waals surface area contributed by atoms with Crippen LogP contribution in [-0.2, 0) is 11.3 Å². The summed E-state index contributed by atoms with van der Waals surface area (Å²) in [6.07, 6.45) is 1.81. The van der Waals surface area contributed by atoms with Gasteiger partial charge in [0.2, 0.25) is 0 Å². The van der Waals surface area contributed by atoms with E-state index in [1.807, 2.05) is 43.5 Å². The van der Waals surface area contributed by atoms with Crippen LogP contribution < -0.4 is 5.32 Å². The van der Waals surface area contributed by atoms with Gasteiger partial charge >= 0.3 is 0 Å². The minimum absolute atomic E-state index is 0.665. The van der Waals surface area contributed by atoms with Gasteiger partial charge in [-0.15, -0.1) is 0 Å². The second-order valence-corrected chi connectivity index (χ2v) is 4.15. The van der Waals surface area contributed by atoms with Crippen molar-refractivity contribution in [2.45, 2.75) is 13.5 Å². The van der Waals surface area contributed by atoms with Crippen LogP contribution in [0.25, 0.3) is 0 Å². The fraction of sp³-hybridized carbons (Fsp3) is 0.267. The number of aryl methyl sites for hydroxylation is 1. The lowest BCUT2D eigenvalue weighted by molar-refractivity contribution is 0.130. The number of nitrogens with one attached hydrogen (secondary N) is 1. The standard InChI is InChI=1S/C15H18N2O/c1-13-11-15(7-8-16-13)17-9-10-18-12-14-5-3-2-4-6-14/h2-8,11H,9-10,12H2,1H3,(H,16,17). The molecule has 0 unspecified atom stereocenters. The molecule has 0 amide bonds. The Morgan fingerprint density at radius 3 is 2.78 bits per heavy atom. The minimum Gasteiger partial charge on any atom is -0.383 e. The maximum atomic E-state index is 5.59. The number of ether oxygens (including phenoxy) is 1. The summed E-state index contributed by atoms with van der Waals surface area (Å²) >= 11 is 0. The number of nitrogens with zero attached hydrogens (tertiary/aromatic N) is 1. The molecule has 2 rings (SSSR count). The van der Waals surface area contributed by atoms with E-state index >= 15 is 0 Å². The van der Waals surface area contributed by atoms with Crippen LogP contribution in [0.15, 0.2) is 48.7 Å². The van der Waals surface area contributed by atoms with Gasteiger partial charge in [0.1, 0.15) is 0 Å². The predicted octanol–water partition coefficient (Wildman–Crippen LogP) is 3.02. The third kappa shape index (κ3) is 4.18. The Morgan fingerprint density at radius 2 is 2.00 bits per heavy atom. The van der Waals surface area contributed by atoms with Crippen LogP contribution in [0.1, 0.15) is 11.3 Å². The Labute approximate surface area is 108 Å². The van der Waals surface area contributed by atoms with Gasteiger partial charge in [0.25, 0.3) is 0 Å². The molecule has 0 aliphatic rings. The van der Waals surface area contributed by atoms with E-state index in [4.69, 9.17) is 4.74 Å². The molecule has 0 atom stereocenters. The van der Waals surface area contributed by atoms with Crippen molar-refractivity contribution in [3.05, 3.63) is 59.9 Å². The third-order valence-corrected chi connectivity index (χ3v) is 2.58. The van der Waals surface area contributed by atoms with Crippen molar-refractivity contribution in [3.63, 3.8) is 0 Å². The summed E-state index contributed by atoms with van der Waals surface area (Å²) in [4.78, 5) is 4.15. The van der Waals surface area contributed by atoms with E-state index in [0.717, 1.165) is 17.9 Å². The van der Waals surface area contributed by atoms with Gasteiger partial charge in [0, 0.05) is 24.1 Å². The average Bonchev–Trinajstić information content (AvgIpc) is 2.40. The zero-order chi connectivity index (χ0) is 12.6. The van der Waals surface area contributed by atoms with E-state index in [-0.39, 0.29) is 0 Å². The van der Waals surface area contributed by atoms with E-state index in [0.29, 0.717) is 13.2 Å². The van der Waals surface area contributed by atoms with Crippen LogP contribution >= 0.6 is 0 Å². The van der Waals surface area contributed by atoms with E-state index in [9.17, 15) is 0 Å². The fourth-order valence-corrected chi connectivity index (χ4v) is 1.69. The van der Waals surface area contributed by atoms with Crippen LogP contribution in [0.3, 0.4) is 0 Å². The first kappa shape index (κ1) is 12.6. The number of hydrogen-bond donors (Lipinski definition) is 1. The van der Waals surface area contributed by atoms with E-state index < -0.39 is 0 Å². The summed E-state index contributed by atoms with van der Waals surface area (Å²) in [6.45, 7) is 4.14. The van der Waals surface area contributed by atoms with Gasteiger partial charge < -0.3 is 10.1 Å². The molecule has 2 aromatic rings. The maximum Gasteiger partial charge on any atom is 0.0717 e. The highest BCUT2D eigenvalue weighted by Gasteiger charge is 1.94. The van der Waals surface area contributed by atoms with Gasteiger partial charge in [-0.25, -0.2) is 0 Å². The summed E-state index contributed by atoms with van der Waals surface area (Å²) < 4.78 is 5.59. The largest absolute Gasteiger partial charge is 0.383 e. The van der Waals surface area contributed by atoms with Crippen LogP contribution in [0, 0.1) is 6.92 Å². The number of anilines is 1. The molecular formula is C15H18N2O. The van der Waals surface area contributed by atoms with Gasteiger partial charge in [-0.2, -0.15) is 0 Å². The van der Waals surface area contributed by atoms with E-state index in [2.05, 4.69) is 22.4 Å². The molecule has 3 heteroatoms. The molecule has 0 saturated carbocycles. The van der Waals surface area contributed by atoms with Crippen LogP contribution in [0.2, 0.25) is 0 Å². The van der Waals surface area contributed by atoms with Crippen LogP contribution in [0.5, 0.6) is 0 Å². The summed E-state index contributed by atoms with van der Waals surface area (Å²) in [5, 5.41) is 3.31. The second-order valence-electron chi connectivity index (χ2n) is 4.15. The van der Waals surface area contributed by atoms with Gasteiger partial charge in [-0.1, -0.05) is 30.3 Å². The molecule has 0 spiro atoms. The second kappa shape index (κ2) is 6.77. The zero-order valence-electron chi connectivity index (χ0n) is 10.6. The molecule has 1 N–H and O–H groups in total. The highest BCUT2D eigenvalue weighted by Crippen LogP contribution is 2.06. The molecule has 1 aromatic heterocycles. The Balaban J connectivity index is 1.65. The van der Waals surface area contributed by atoms with Gasteiger partial charge in [0.05, 0.1) is 13.2 Å². The maximum absolute atomic E-state index is 5.59. The summed E-state index contributed by atoms with van der Waals surface area (Å²) in [7, 11) is 0. The fourth-order valence-electron chi connectivity index (χ4n) is 1.69. The molecule has 0 fully saturated rings. The number of pyridine rings is 1. The first-order valence-electron chi connectivity index (χ1n) is 6.13. The Hall–Kier alpha value is -1.87. The Morgan fingerprint density at radius 1 is 1.17 bits per heavy atom. The van der Waals surface area contributed by atoms with Gasteiger partial charge in [-0.05, 0) is 24.6 Å². The molecule has 3 nitrogen and oxygen atoms in total. The zero-order valence-corrected chi connectivity index (χ0v) is 10.6. The molecule has 1 aromatic carbocycles. The molecule has 0 aliphatic carbocycles. The highest BCUT2D eigenvalue weighted by molar-refractivity contribution is 5.42. The monoisotopic (exact) mass is 242 g/mol. The third-order valence-electron chi connectivity index (χ3n) is 2.58. The van der Waals surface area contributed by atoms with Crippen molar-refractivity contribution in [2.24, 2.45) is 0 Å². The molecule has 18 heavy (non-hydrogen) atoms. The number of hydrogen-bond acceptors (Lipinski definition) is 3. The van der Waals surface area contributed by atoms with E-state index in [1.54, 1.807) is 0 Å². The van der Waals surface area contributed by atoms with Crippen molar-refractivity contribution in [3.8, 4) is 0 Å². The van der Waals surface area contributed by atoms with Crippen LogP contribution in [-0.4, -0.2) is 18.1 Å². The van der Waals surface area contributed by atoms with Crippen molar-refractivity contribution >= 4 is 5.69 Å². The summed E-state index contributed by atoms with van der Waals surface area (Å²) in [5.41, 5.74) is 3.31. The Bertz CT molecular complexity index is 471. The van der Waals surface area contributed by atoms with Crippen molar-refractivity contribution < 1.29 is 4.74 Å². The number of aromatic nitrogens is 1. The highest BCUT2D eigenvalue weighted by atomic mass is 16.5. The van der Waals surface area contributed by atoms with Crippen molar-refractivity contribution in [1.29, 1.82) is 0 Å². The lowest BCUT2D eigenvalue weighted by atomic mass is 10.2. The average molecular weight is 242 g/mol. The Kier molecular flexibility index (Phi) is 4.73. The van der Waals surface area contributed by atoms with Crippen molar-refractivity contribution in [2.75, 3.05) is 18.5 Å². The van der Waals surface area contributed by atoms with Crippen LogP contribution in [0.4, 0.5) is 5.69 Å². The topological polar surface area (TPSA) is 34.1 Å². The number of rotatable bonds is 6. The summed E-state index contributed by atoms with van der Waals surface area (Å²) in [6, 6.07) is 14.2. The van der Waals surface area contributed by atoms with Crippen molar-refractivity contribution in [1.82, 2.24) is 4.98 Å². The molecule has 94 valence electrons. The van der Waals surface area contributed by atoms with E-state index in [1.165, 1.54) is 5.56 Å². The molecular weight excluding hydrogens is 224 g/mol. The quantitative estimate of drug-likeness (QED) is 0.791. The molecule has 0 bridgehead atoms.